The van der Waals surface area contributed by atoms with E-state index in [-0.39, 0.29) is 25.0 Å². The van der Waals surface area contributed by atoms with E-state index in [1.807, 2.05) is 35.2 Å². The number of hydrogen-bond acceptors (Lipinski definition) is 7. The zero-order valence-electron chi connectivity index (χ0n) is 17.5. The van der Waals surface area contributed by atoms with Crippen LogP contribution in [0.15, 0.2) is 41.2 Å². The van der Waals surface area contributed by atoms with E-state index in [1.165, 1.54) is 6.07 Å². The van der Waals surface area contributed by atoms with E-state index >= 15 is 0 Å². The molecule has 1 aromatic carbocycles. The molecule has 5 N–H and O–H groups in total. The second-order valence-corrected chi connectivity index (χ2v) is 7.16. The Kier molecular flexibility index (Phi) is 10.7. The van der Waals surface area contributed by atoms with E-state index in [2.05, 4.69) is 9.97 Å². The highest BCUT2D eigenvalue weighted by molar-refractivity contribution is 5.76. The molecule has 2 heterocycles. The minimum Gasteiger partial charge on any atom is -0.483 e. The molecule has 3 rings (SSSR count). The van der Waals surface area contributed by atoms with Crippen molar-refractivity contribution in [1.29, 1.82) is 0 Å². The molecule has 0 spiro atoms. The van der Waals surface area contributed by atoms with Gasteiger partial charge in [-0.15, -0.1) is 0 Å². The Balaban J connectivity index is 0.000000769. The first-order chi connectivity index (χ1) is 15.2. The minimum absolute atomic E-state index is 0.214. The largest absolute Gasteiger partial charge is 0.483 e. The van der Waals surface area contributed by atoms with Crippen molar-refractivity contribution in [3.8, 4) is 0 Å². The number of piperidine rings is 1. The first-order valence-corrected chi connectivity index (χ1v) is 9.62. The summed E-state index contributed by atoms with van der Waals surface area (Å²) in [7, 11) is 0. The van der Waals surface area contributed by atoms with E-state index < -0.39 is 17.5 Å². The lowest BCUT2D eigenvalue weighted by molar-refractivity contribution is -0.163. The second kappa shape index (κ2) is 13.0. The number of aryl methyl sites for hydroxylation is 1. The average molecular weight is 449 g/mol. The Hall–Kier alpha value is -3.57. The van der Waals surface area contributed by atoms with Crippen LogP contribution in [0.25, 0.3) is 0 Å². The van der Waals surface area contributed by atoms with Crippen molar-refractivity contribution in [1.82, 2.24) is 14.9 Å². The van der Waals surface area contributed by atoms with Crippen LogP contribution >= 0.6 is 0 Å². The Bertz CT molecular complexity index is 928. The molecule has 2 atom stereocenters. The number of hydrogen-bond donors (Lipinski definition) is 5. The van der Waals surface area contributed by atoms with Crippen molar-refractivity contribution in [2.45, 2.75) is 32.4 Å². The van der Waals surface area contributed by atoms with Gasteiger partial charge in [0, 0.05) is 19.2 Å². The van der Waals surface area contributed by atoms with Gasteiger partial charge in [-0.05, 0) is 31.9 Å². The van der Waals surface area contributed by atoms with E-state index in [0.717, 1.165) is 5.56 Å². The van der Waals surface area contributed by atoms with Gasteiger partial charge in [-0.1, -0.05) is 30.3 Å². The predicted octanol–water partition coefficient (Wildman–Crippen LogP) is 0.360. The van der Waals surface area contributed by atoms with Gasteiger partial charge in [-0.25, -0.2) is 4.98 Å². The van der Waals surface area contributed by atoms with Crippen LogP contribution in [-0.4, -0.2) is 73.4 Å². The van der Waals surface area contributed by atoms with Crippen molar-refractivity contribution in [2.75, 3.05) is 13.1 Å². The molecule has 1 fully saturated rings. The Morgan fingerprint density at radius 3 is 2.34 bits per heavy atom. The molecule has 0 bridgehead atoms. The molecule has 1 saturated heterocycles. The summed E-state index contributed by atoms with van der Waals surface area (Å²) in [5.74, 6) is -0.437. The number of aliphatic carboxylic acids is 1. The number of carboxylic acids is 1. The Morgan fingerprint density at radius 2 is 1.84 bits per heavy atom. The van der Waals surface area contributed by atoms with Gasteiger partial charge in [-0.3, -0.25) is 24.1 Å². The standard InChI is InChI=1S/C19H23N3O4.2CH2O2/c1-13-20-15(9-17(24)21-13)11-22-8-7-19(18(25)26,16(23)12-22)10-14-5-3-2-4-6-14;2*2-1-3/h2-6,9,16,23H,7-8,10-12H2,1H3,(H,25,26)(H,20,21,24);2*1H,(H,2,3)/t16-,19+;;/m0../s1. The molecule has 1 aromatic heterocycles. The van der Waals surface area contributed by atoms with Crippen LogP contribution in [0.5, 0.6) is 0 Å². The number of carbonyl (C=O) groups is 3. The first kappa shape index (κ1) is 26.5. The summed E-state index contributed by atoms with van der Waals surface area (Å²) in [5.41, 5.74) is 0.0997. The van der Waals surface area contributed by atoms with Gasteiger partial charge in [0.15, 0.2) is 0 Å². The van der Waals surface area contributed by atoms with Crippen LogP contribution in [0.4, 0.5) is 0 Å². The number of H-pyrrole nitrogens is 1. The Morgan fingerprint density at radius 1 is 1.25 bits per heavy atom. The molecule has 32 heavy (non-hydrogen) atoms. The monoisotopic (exact) mass is 449 g/mol. The molecular formula is C21H27N3O8. The summed E-state index contributed by atoms with van der Waals surface area (Å²) in [6, 6.07) is 10.8. The van der Waals surface area contributed by atoms with Crippen LogP contribution < -0.4 is 5.56 Å². The highest BCUT2D eigenvalue weighted by Crippen LogP contribution is 2.36. The van der Waals surface area contributed by atoms with Gasteiger partial charge in [0.05, 0.1) is 11.8 Å². The normalized spacial score (nSPS) is 20.0. The van der Waals surface area contributed by atoms with Crippen LogP contribution in [0.1, 0.15) is 23.5 Å². The van der Waals surface area contributed by atoms with Gasteiger partial charge >= 0.3 is 5.97 Å². The molecular weight excluding hydrogens is 422 g/mol. The summed E-state index contributed by atoms with van der Waals surface area (Å²) in [6.07, 6.45) is -0.377. The average Bonchev–Trinajstić information content (AvgIpc) is 2.71. The molecule has 0 saturated carbocycles. The minimum atomic E-state index is -1.20. The van der Waals surface area contributed by atoms with Gasteiger partial charge in [-0.2, -0.15) is 0 Å². The lowest BCUT2D eigenvalue weighted by Gasteiger charge is -2.42. The van der Waals surface area contributed by atoms with E-state index in [9.17, 15) is 19.8 Å². The number of likely N-dealkylation sites (tertiary alicyclic amines) is 1. The number of carboxylic acid groups (broad SMARTS) is 3. The fraction of sp³-hybridized carbons (Fsp3) is 0.381. The second-order valence-electron chi connectivity index (χ2n) is 7.16. The van der Waals surface area contributed by atoms with Crippen molar-refractivity contribution in [2.24, 2.45) is 5.41 Å². The summed E-state index contributed by atoms with van der Waals surface area (Å²) in [6.45, 7) is 2.37. The molecule has 174 valence electrons. The van der Waals surface area contributed by atoms with Crippen molar-refractivity contribution < 1.29 is 34.8 Å². The quantitative estimate of drug-likeness (QED) is 0.400. The molecule has 11 nitrogen and oxygen atoms in total. The van der Waals surface area contributed by atoms with Gasteiger partial charge < -0.3 is 25.4 Å². The zero-order chi connectivity index (χ0) is 24.1. The van der Waals surface area contributed by atoms with Crippen LogP contribution in [0, 0.1) is 12.3 Å². The highest BCUT2D eigenvalue weighted by Gasteiger charge is 2.48. The van der Waals surface area contributed by atoms with E-state index in [1.54, 1.807) is 6.92 Å². The molecule has 0 radical (unpaired) electrons. The lowest BCUT2D eigenvalue weighted by Crippen LogP contribution is -2.55. The van der Waals surface area contributed by atoms with Gasteiger partial charge in [0.1, 0.15) is 11.2 Å². The summed E-state index contributed by atoms with van der Waals surface area (Å²) in [5, 5.41) is 34.3. The van der Waals surface area contributed by atoms with E-state index in [4.69, 9.17) is 19.8 Å². The maximum absolute atomic E-state index is 12.0. The summed E-state index contributed by atoms with van der Waals surface area (Å²) >= 11 is 0. The third kappa shape index (κ3) is 7.60. The van der Waals surface area contributed by atoms with Crippen LogP contribution in [0.2, 0.25) is 0 Å². The number of nitrogens with one attached hydrogen (secondary N) is 1. The SMILES string of the molecule is Cc1nc(CN2CC[C@](Cc3ccccc3)(C(=O)O)[C@@H](O)C2)cc(=O)[nH]1.O=CO.O=CO. The fourth-order valence-electron chi connectivity index (χ4n) is 3.62. The zero-order valence-corrected chi connectivity index (χ0v) is 17.5. The smallest absolute Gasteiger partial charge is 0.312 e. The maximum atomic E-state index is 12.0. The first-order valence-electron chi connectivity index (χ1n) is 9.62. The van der Waals surface area contributed by atoms with Crippen LogP contribution in [-0.2, 0) is 27.3 Å². The number of aliphatic hydroxyl groups is 1. The molecule has 1 aliphatic rings. The maximum Gasteiger partial charge on any atom is 0.312 e. The molecule has 2 aromatic rings. The predicted molar refractivity (Wildman–Crippen MR) is 113 cm³/mol. The summed E-state index contributed by atoms with van der Waals surface area (Å²) in [4.78, 5) is 49.1. The number of rotatable bonds is 5. The van der Waals surface area contributed by atoms with Crippen molar-refractivity contribution >= 4 is 18.9 Å². The number of aromatic amines is 1. The highest BCUT2D eigenvalue weighted by atomic mass is 16.4. The number of nitrogens with zero attached hydrogens (tertiary/aromatic N) is 2. The van der Waals surface area contributed by atoms with Gasteiger partial charge in [0.2, 0.25) is 0 Å². The van der Waals surface area contributed by atoms with Crippen molar-refractivity contribution in [3.63, 3.8) is 0 Å². The van der Waals surface area contributed by atoms with Crippen molar-refractivity contribution in [3.05, 3.63) is 63.8 Å². The molecule has 11 heteroatoms. The topological polar surface area (TPSA) is 181 Å². The molecule has 1 aliphatic heterocycles. The number of aliphatic hydroxyl groups excluding tert-OH is 1. The fourth-order valence-corrected chi connectivity index (χ4v) is 3.62. The third-order valence-electron chi connectivity index (χ3n) is 5.03. The van der Waals surface area contributed by atoms with Crippen LogP contribution in [0.3, 0.4) is 0 Å². The number of aromatic nitrogens is 2. The van der Waals surface area contributed by atoms with Gasteiger partial charge in [0.25, 0.3) is 18.5 Å². The number of β-amino-alcohol motifs (C(OH)–C–C–N with tert-alkyl or cyclic N) is 1. The third-order valence-corrected chi connectivity index (χ3v) is 5.03. The number of benzene rings is 1. The molecule has 0 amide bonds. The Labute approximate surface area is 184 Å². The molecule has 0 aliphatic carbocycles. The van der Waals surface area contributed by atoms with E-state index in [0.29, 0.717) is 37.4 Å². The lowest BCUT2D eigenvalue weighted by atomic mass is 9.71. The summed E-state index contributed by atoms with van der Waals surface area (Å²) < 4.78 is 0. The molecule has 0 unspecified atom stereocenters.